The number of aryl methyl sites for hydroxylation is 1. The fourth-order valence-electron chi connectivity index (χ4n) is 1.66. The first kappa shape index (κ1) is 13.5. The Morgan fingerprint density at radius 3 is 2.58 bits per heavy atom. The Balaban J connectivity index is 1.83. The Morgan fingerprint density at radius 1 is 1.21 bits per heavy atom. The molecule has 19 heavy (non-hydrogen) atoms. The number of aromatic nitrogens is 1. The minimum Gasteiger partial charge on any atom is -0.352 e. The molecule has 5 heteroatoms. The summed E-state index contributed by atoms with van der Waals surface area (Å²) in [5.74, 6) is 0.802. The monoisotopic (exact) mass is 274 g/mol. The van der Waals surface area contributed by atoms with Crippen LogP contribution < -0.4 is 10.6 Å². The molecular weight excluding hydrogens is 256 g/mol. The molecule has 0 aliphatic rings. The first-order chi connectivity index (χ1) is 9.29. The average molecular weight is 274 g/mol. The summed E-state index contributed by atoms with van der Waals surface area (Å²) in [6, 6.07) is 10.3. The summed E-state index contributed by atoms with van der Waals surface area (Å²) in [4.78, 5) is 9.68. The van der Waals surface area contributed by atoms with Gasteiger partial charge in [-0.25, -0.2) is 4.98 Å². The van der Waals surface area contributed by atoms with E-state index in [1.165, 1.54) is 10.4 Å². The molecule has 0 aliphatic heterocycles. The minimum absolute atomic E-state index is 0.755. The summed E-state index contributed by atoms with van der Waals surface area (Å²) in [5.41, 5.74) is 4.18. The molecular formula is C14H18N4S. The van der Waals surface area contributed by atoms with E-state index in [-0.39, 0.29) is 0 Å². The van der Waals surface area contributed by atoms with Gasteiger partial charge in [0.2, 0.25) is 0 Å². The van der Waals surface area contributed by atoms with Crippen LogP contribution >= 0.6 is 11.3 Å². The van der Waals surface area contributed by atoms with Crippen LogP contribution in [0.2, 0.25) is 0 Å². The normalized spacial score (nSPS) is 11.4. The van der Waals surface area contributed by atoms with E-state index in [1.54, 1.807) is 18.4 Å². The molecule has 0 atom stereocenters. The first-order valence-electron chi connectivity index (χ1n) is 6.17. The van der Waals surface area contributed by atoms with Crippen molar-refractivity contribution in [1.82, 2.24) is 15.6 Å². The average Bonchev–Trinajstić information content (AvgIpc) is 2.86. The van der Waals surface area contributed by atoms with Crippen LogP contribution in [0.3, 0.4) is 0 Å². The molecule has 0 amide bonds. The maximum absolute atomic E-state index is 4.23. The van der Waals surface area contributed by atoms with Crippen molar-refractivity contribution in [2.45, 2.75) is 20.0 Å². The molecule has 2 aromatic rings. The van der Waals surface area contributed by atoms with Gasteiger partial charge < -0.3 is 10.6 Å². The molecule has 0 fully saturated rings. The molecule has 0 spiro atoms. The van der Waals surface area contributed by atoms with Gasteiger partial charge in [0.25, 0.3) is 0 Å². The summed E-state index contributed by atoms with van der Waals surface area (Å²) in [5, 5.41) is 6.58. The van der Waals surface area contributed by atoms with Gasteiger partial charge in [0.15, 0.2) is 5.96 Å². The van der Waals surface area contributed by atoms with Crippen LogP contribution in [-0.2, 0) is 13.1 Å². The Kier molecular flexibility index (Phi) is 4.92. The second-order valence-electron chi connectivity index (χ2n) is 4.13. The third-order valence-corrected chi connectivity index (χ3v) is 3.72. The first-order valence-corrected chi connectivity index (χ1v) is 7.05. The number of hydrogen-bond donors (Lipinski definition) is 2. The van der Waals surface area contributed by atoms with Crippen LogP contribution in [0.15, 0.2) is 40.8 Å². The number of guanidine groups is 1. The highest BCUT2D eigenvalue weighted by atomic mass is 32.1. The molecule has 1 heterocycles. The number of nitrogens with zero attached hydrogens (tertiary/aromatic N) is 2. The van der Waals surface area contributed by atoms with Crippen molar-refractivity contribution in [3.05, 3.63) is 52.0 Å². The van der Waals surface area contributed by atoms with Crippen molar-refractivity contribution in [2.24, 2.45) is 4.99 Å². The van der Waals surface area contributed by atoms with Crippen molar-refractivity contribution >= 4 is 17.3 Å². The van der Waals surface area contributed by atoms with Gasteiger partial charge in [-0.05, 0) is 12.5 Å². The minimum atomic E-state index is 0.755. The summed E-state index contributed by atoms with van der Waals surface area (Å²) in [6.45, 7) is 3.54. The number of rotatable bonds is 4. The van der Waals surface area contributed by atoms with Gasteiger partial charge in [-0.15, -0.1) is 11.3 Å². The van der Waals surface area contributed by atoms with Gasteiger partial charge in [-0.3, -0.25) is 4.99 Å². The van der Waals surface area contributed by atoms with E-state index in [0.29, 0.717) is 0 Å². The standard InChI is InChI=1S/C14H18N4S/c1-11-13(19-10-18-11)9-17-14(15-2)16-8-12-6-4-3-5-7-12/h3-7,10H,8-9H2,1-2H3,(H2,15,16,17). The van der Waals surface area contributed by atoms with Crippen molar-refractivity contribution in [2.75, 3.05) is 7.05 Å². The Bertz CT molecular complexity index is 533. The lowest BCUT2D eigenvalue weighted by atomic mass is 10.2. The Labute approximate surface area is 117 Å². The summed E-state index contributed by atoms with van der Waals surface area (Å²) >= 11 is 1.66. The van der Waals surface area contributed by atoms with E-state index in [1.807, 2.05) is 30.6 Å². The number of nitrogens with one attached hydrogen (secondary N) is 2. The lowest BCUT2D eigenvalue weighted by molar-refractivity contribution is 0.811. The highest BCUT2D eigenvalue weighted by Crippen LogP contribution is 2.10. The third-order valence-electron chi connectivity index (χ3n) is 2.79. The molecule has 2 rings (SSSR count). The number of hydrogen-bond acceptors (Lipinski definition) is 3. The van der Waals surface area contributed by atoms with Crippen LogP contribution in [0.25, 0.3) is 0 Å². The van der Waals surface area contributed by atoms with Gasteiger partial charge in [-0.2, -0.15) is 0 Å². The van der Waals surface area contributed by atoms with Crippen LogP contribution in [0.5, 0.6) is 0 Å². The largest absolute Gasteiger partial charge is 0.352 e. The molecule has 100 valence electrons. The van der Waals surface area contributed by atoms with E-state index >= 15 is 0 Å². The SMILES string of the molecule is CN=C(NCc1ccccc1)NCc1scnc1C. The van der Waals surface area contributed by atoms with Crippen LogP contribution in [-0.4, -0.2) is 18.0 Å². The Hall–Kier alpha value is -1.88. The van der Waals surface area contributed by atoms with Crippen LogP contribution in [0.4, 0.5) is 0 Å². The third kappa shape index (κ3) is 4.06. The van der Waals surface area contributed by atoms with E-state index in [0.717, 1.165) is 24.7 Å². The fraction of sp³-hybridized carbons (Fsp3) is 0.286. The number of benzene rings is 1. The molecule has 0 unspecified atom stereocenters. The van der Waals surface area contributed by atoms with Gasteiger partial charge in [0.1, 0.15) is 0 Å². The molecule has 0 radical (unpaired) electrons. The maximum Gasteiger partial charge on any atom is 0.191 e. The molecule has 0 saturated carbocycles. The van der Waals surface area contributed by atoms with Crippen molar-refractivity contribution < 1.29 is 0 Å². The summed E-state index contributed by atoms with van der Waals surface area (Å²) < 4.78 is 0. The van der Waals surface area contributed by atoms with E-state index < -0.39 is 0 Å². The smallest absolute Gasteiger partial charge is 0.191 e. The second-order valence-corrected chi connectivity index (χ2v) is 5.07. The topological polar surface area (TPSA) is 49.3 Å². The number of aliphatic imine (C=N–C) groups is 1. The fourth-order valence-corrected chi connectivity index (χ4v) is 2.38. The van der Waals surface area contributed by atoms with Crippen LogP contribution in [0, 0.1) is 6.92 Å². The zero-order valence-electron chi connectivity index (χ0n) is 11.2. The van der Waals surface area contributed by atoms with Gasteiger partial charge in [0, 0.05) is 18.5 Å². The Morgan fingerprint density at radius 2 is 1.95 bits per heavy atom. The molecule has 0 aliphatic carbocycles. The zero-order chi connectivity index (χ0) is 13.5. The summed E-state index contributed by atoms with van der Waals surface area (Å²) in [6.07, 6.45) is 0. The molecule has 1 aromatic heterocycles. The van der Waals surface area contributed by atoms with E-state index in [9.17, 15) is 0 Å². The van der Waals surface area contributed by atoms with Crippen LogP contribution in [0.1, 0.15) is 16.1 Å². The molecule has 0 bridgehead atoms. The number of thiazole rings is 1. The summed E-state index contributed by atoms with van der Waals surface area (Å²) in [7, 11) is 1.78. The highest BCUT2D eigenvalue weighted by molar-refractivity contribution is 7.09. The molecule has 1 aromatic carbocycles. The quantitative estimate of drug-likeness (QED) is 0.664. The predicted octanol–water partition coefficient (Wildman–Crippen LogP) is 2.32. The maximum atomic E-state index is 4.23. The highest BCUT2D eigenvalue weighted by Gasteiger charge is 2.03. The lowest BCUT2D eigenvalue weighted by Gasteiger charge is -2.11. The second kappa shape index (κ2) is 6.89. The van der Waals surface area contributed by atoms with Crippen molar-refractivity contribution in [3.63, 3.8) is 0 Å². The van der Waals surface area contributed by atoms with Gasteiger partial charge >= 0.3 is 0 Å². The molecule has 0 saturated heterocycles. The van der Waals surface area contributed by atoms with Gasteiger partial charge in [-0.1, -0.05) is 30.3 Å². The lowest BCUT2D eigenvalue weighted by Crippen LogP contribution is -2.36. The van der Waals surface area contributed by atoms with Crippen molar-refractivity contribution in [1.29, 1.82) is 0 Å². The van der Waals surface area contributed by atoms with Crippen molar-refractivity contribution in [3.8, 4) is 0 Å². The molecule has 4 nitrogen and oxygen atoms in total. The zero-order valence-corrected chi connectivity index (χ0v) is 12.0. The van der Waals surface area contributed by atoms with E-state index in [2.05, 4.69) is 32.7 Å². The van der Waals surface area contributed by atoms with E-state index in [4.69, 9.17) is 0 Å². The predicted molar refractivity (Wildman–Crippen MR) is 80.3 cm³/mol. The van der Waals surface area contributed by atoms with Gasteiger partial charge in [0.05, 0.1) is 17.7 Å². The molecule has 2 N–H and O–H groups in total.